The van der Waals surface area contributed by atoms with Crippen molar-refractivity contribution in [2.24, 2.45) is 11.1 Å². The monoisotopic (exact) mass is 566 g/mol. The van der Waals surface area contributed by atoms with Crippen molar-refractivity contribution in [3.63, 3.8) is 0 Å². The van der Waals surface area contributed by atoms with E-state index in [1.54, 1.807) is 30.6 Å². The predicted molar refractivity (Wildman–Crippen MR) is 144 cm³/mol. The minimum absolute atomic E-state index is 0.0488. The van der Waals surface area contributed by atoms with E-state index in [9.17, 15) is 13.2 Å². The van der Waals surface area contributed by atoms with Crippen molar-refractivity contribution >= 4 is 50.9 Å². The van der Waals surface area contributed by atoms with Crippen LogP contribution in [0.15, 0.2) is 40.5 Å². The highest BCUT2D eigenvalue weighted by Gasteiger charge is 2.47. The SMILES string of the molecule is C[C@@H]1OCC2(CCN(c3cnc(Sc4cccc(NC(=O)NS(=O)(=O)C5CCC5)c4Cl)cn3)CC2)[C@@H]1N. The highest BCUT2D eigenvalue weighted by Crippen LogP contribution is 2.42. The van der Waals surface area contributed by atoms with E-state index in [-0.39, 0.29) is 17.6 Å². The molecule has 4 N–H and O–H groups in total. The van der Waals surface area contributed by atoms with Crippen LogP contribution in [0, 0.1) is 5.41 Å². The molecule has 1 spiro atoms. The fourth-order valence-corrected chi connectivity index (χ4v) is 7.52. The number of rotatable bonds is 6. The number of aromatic nitrogens is 2. The quantitative estimate of drug-likeness (QED) is 0.478. The first-order valence-electron chi connectivity index (χ1n) is 12.4. The van der Waals surface area contributed by atoms with Crippen molar-refractivity contribution < 1.29 is 17.9 Å². The van der Waals surface area contributed by atoms with Crippen LogP contribution < -0.4 is 20.7 Å². The van der Waals surface area contributed by atoms with Crippen LogP contribution in [0.1, 0.15) is 39.0 Å². The Morgan fingerprint density at radius 2 is 2.00 bits per heavy atom. The average Bonchev–Trinajstić information content (AvgIpc) is 3.09. The van der Waals surface area contributed by atoms with Crippen molar-refractivity contribution in [2.75, 3.05) is 29.9 Å². The third kappa shape index (κ3) is 5.53. The Kier molecular flexibility index (Phi) is 7.56. The fourth-order valence-electron chi connectivity index (χ4n) is 5.02. The van der Waals surface area contributed by atoms with Gasteiger partial charge in [0.15, 0.2) is 0 Å². The summed E-state index contributed by atoms with van der Waals surface area (Å²) in [4.78, 5) is 24.3. The molecule has 2 amide bonds. The zero-order valence-electron chi connectivity index (χ0n) is 20.5. The van der Waals surface area contributed by atoms with Crippen molar-refractivity contribution in [3.05, 3.63) is 35.6 Å². The summed E-state index contributed by atoms with van der Waals surface area (Å²) >= 11 is 7.83. The van der Waals surface area contributed by atoms with Gasteiger partial charge in [0.05, 0.1) is 41.1 Å². The van der Waals surface area contributed by atoms with E-state index in [4.69, 9.17) is 22.1 Å². The lowest BCUT2D eigenvalue weighted by Gasteiger charge is -2.41. The molecule has 1 aliphatic carbocycles. The summed E-state index contributed by atoms with van der Waals surface area (Å²) in [5.74, 6) is 0.811. The van der Waals surface area contributed by atoms with Crippen molar-refractivity contribution in [2.45, 2.75) is 66.3 Å². The van der Waals surface area contributed by atoms with Crippen molar-refractivity contribution in [1.82, 2.24) is 14.7 Å². The van der Waals surface area contributed by atoms with Crippen LogP contribution in [-0.2, 0) is 14.8 Å². The summed E-state index contributed by atoms with van der Waals surface area (Å²) in [6.45, 7) is 4.46. The number of hydrogen-bond donors (Lipinski definition) is 3. The first-order chi connectivity index (χ1) is 17.7. The molecule has 2 aromatic rings. The molecule has 0 unspecified atom stereocenters. The molecule has 10 nitrogen and oxygen atoms in total. The van der Waals surface area contributed by atoms with Gasteiger partial charge in [-0.1, -0.05) is 35.9 Å². The number of halogens is 1. The number of ether oxygens (including phenoxy) is 1. The first kappa shape index (κ1) is 26.5. The van der Waals surface area contributed by atoms with Gasteiger partial charge in [-0.2, -0.15) is 0 Å². The lowest BCUT2D eigenvalue weighted by atomic mass is 9.73. The lowest BCUT2D eigenvalue weighted by Crippen LogP contribution is -2.50. The molecule has 2 aliphatic heterocycles. The normalized spacial score (nSPS) is 23.6. The Morgan fingerprint density at radius 1 is 1.24 bits per heavy atom. The number of sulfonamides is 1. The van der Waals surface area contributed by atoms with Gasteiger partial charge in [-0.3, -0.25) is 0 Å². The van der Waals surface area contributed by atoms with Crippen LogP contribution in [0.5, 0.6) is 0 Å². The third-order valence-electron chi connectivity index (χ3n) is 7.70. The zero-order valence-corrected chi connectivity index (χ0v) is 22.9. The molecule has 2 saturated heterocycles. The Hall–Kier alpha value is -2.12. The molecule has 3 fully saturated rings. The fraction of sp³-hybridized carbons (Fsp3) is 0.542. The number of nitrogens with one attached hydrogen (secondary N) is 2. The topological polar surface area (TPSA) is 140 Å². The molecule has 37 heavy (non-hydrogen) atoms. The van der Waals surface area contributed by atoms with Gasteiger partial charge in [-0.25, -0.2) is 27.9 Å². The lowest BCUT2D eigenvalue weighted by molar-refractivity contribution is 0.0974. The number of carbonyl (C=O) groups excluding carboxylic acids is 1. The van der Waals surface area contributed by atoms with E-state index in [1.807, 2.05) is 6.92 Å². The van der Waals surface area contributed by atoms with Crippen molar-refractivity contribution in [3.8, 4) is 0 Å². The summed E-state index contributed by atoms with van der Waals surface area (Å²) in [7, 11) is -3.68. The second kappa shape index (κ2) is 10.6. The Balaban J connectivity index is 1.19. The van der Waals surface area contributed by atoms with E-state index in [0.29, 0.717) is 33.5 Å². The standard InChI is InChI=1S/C24H31ClN6O4S2/c1-15-22(26)24(14-35-15)8-10-31(11-9-24)19-12-28-20(13-27-19)36-18-7-3-6-17(21(18)25)29-23(32)30-37(33,34)16-4-2-5-16/h3,6-7,12-13,15-16,22H,2,4-5,8-11,14,26H2,1H3,(H2,29,30,32)/t15-,22+/m0/s1. The second-order valence-electron chi connectivity index (χ2n) is 9.98. The maximum absolute atomic E-state index is 12.3. The molecule has 3 aliphatic rings. The smallest absolute Gasteiger partial charge is 0.332 e. The van der Waals surface area contributed by atoms with Crippen molar-refractivity contribution in [1.29, 1.82) is 0 Å². The Labute approximate surface area is 226 Å². The Morgan fingerprint density at radius 3 is 2.59 bits per heavy atom. The van der Waals surface area contributed by atoms with Gasteiger partial charge in [-0.05, 0) is 44.7 Å². The maximum atomic E-state index is 12.3. The molecule has 3 heterocycles. The van der Waals surface area contributed by atoms with Gasteiger partial charge in [0.1, 0.15) is 10.8 Å². The van der Waals surface area contributed by atoms with E-state index in [0.717, 1.165) is 44.8 Å². The van der Waals surface area contributed by atoms with Gasteiger partial charge in [0, 0.05) is 29.4 Å². The van der Waals surface area contributed by atoms with Gasteiger partial charge in [0.2, 0.25) is 10.0 Å². The van der Waals surface area contributed by atoms with Gasteiger partial charge < -0.3 is 20.7 Å². The van der Waals surface area contributed by atoms with Gasteiger partial charge in [-0.15, -0.1) is 0 Å². The molecule has 1 saturated carbocycles. The number of anilines is 2. The van der Waals surface area contributed by atoms with Gasteiger partial charge >= 0.3 is 6.03 Å². The van der Waals surface area contributed by atoms with Crippen LogP contribution in [0.25, 0.3) is 0 Å². The van der Waals surface area contributed by atoms with Gasteiger partial charge in [0.25, 0.3) is 0 Å². The molecule has 5 rings (SSSR count). The van der Waals surface area contributed by atoms with Crippen LogP contribution in [-0.4, -0.2) is 61.5 Å². The maximum Gasteiger partial charge on any atom is 0.332 e. The number of amides is 2. The molecule has 200 valence electrons. The molecule has 2 atom stereocenters. The first-order valence-corrected chi connectivity index (χ1v) is 15.1. The highest BCUT2D eigenvalue weighted by molar-refractivity contribution is 7.99. The zero-order chi connectivity index (χ0) is 26.2. The second-order valence-corrected chi connectivity index (χ2v) is 13.4. The summed E-state index contributed by atoms with van der Waals surface area (Å²) in [5, 5.41) is 2.96. The number of carbonyl (C=O) groups is 1. The molecular formula is C24H31ClN6O4S2. The van der Waals surface area contributed by atoms with E-state index < -0.39 is 21.3 Å². The van der Waals surface area contributed by atoms with E-state index in [1.165, 1.54) is 11.8 Å². The highest BCUT2D eigenvalue weighted by atomic mass is 35.5. The number of nitrogens with zero attached hydrogens (tertiary/aromatic N) is 3. The Bertz CT molecular complexity index is 1250. The molecule has 1 aromatic carbocycles. The number of hydrogen-bond acceptors (Lipinski definition) is 9. The molecule has 0 radical (unpaired) electrons. The van der Waals surface area contributed by atoms with Crippen LogP contribution >= 0.6 is 23.4 Å². The minimum atomic E-state index is -3.68. The van der Waals surface area contributed by atoms with E-state index >= 15 is 0 Å². The predicted octanol–water partition coefficient (Wildman–Crippen LogP) is 3.62. The number of benzene rings is 1. The number of piperidine rings is 1. The summed E-state index contributed by atoms with van der Waals surface area (Å²) in [6.07, 6.45) is 7.45. The summed E-state index contributed by atoms with van der Waals surface area (Å²) < 4.78 is 32.3. The van der Waals surface area contributed by atoms with Crippen LogP contribution in [0.4, 0.5) is 16.3 Å². The summed E-state index contributed by atoms with van der Waals surface area (Å²) in [6, 6.07) is 4.38. The largest absolute Gasteiger partial charge is 0.376 e. The van der Waals surface area contributed by atoms with Crippen LogP contribution in [0.2, 0.25) is 5.02 Å². The summed E-state index contributed by atoms with van der Waals surface area (Å²) in [5.41, 5.74) is 6.78. The van der Waals surface area contributed by atoms with Crippen LogP contribution in [0.3, 0.4) is 0 Å². The molecular weight excluding hydrogens is 536 g/mol. The molecule has 0 bridgehead atoms. The van der Waals surface area contributed by atoms with E-state index in [2.05, 4.69) is 24.9 Å². The minimum Gasteiger partial charge on any atom is -0.376 e. The third-order valence-corrected chi connectivity index (χ3v) is 11.0. The molecule has 1 aromatic heterocycles. The average molecular weight is 567 g/mol. The number of nitrogens with two attached hydrogens (primary N) is 1. The number of urea groups is 1. The molecule has 13 heteroatoms.